The molecule has 0 atom stereocenters. The molecule has 1 aliphatic rings. The van der Waals surface area contributed by atoms with Gasteiger partial charge in [-0.2, -0.15) is 0 Å². The minimum absolute atomic E-state index is 0.0975. The third-order valence-corrected chi connectivity index (χ3v) is 5.83. The molecule has 1 saturated heterocycles. The van der Waals surface area contributed by atoms with E-state index in [1.807, 2.05) is 4.90 Å². The van der Waals surface area contributed by atoms with E-state index in [9.17, 15) is 16.8 Å². The highest BCUT2D eigenvalue weighted by molar-refractivity contribution is 7.91. The molecule has 19 heavy (non-hydrogen) atoms. The van der Waals surface area contributed by atoms with Gasteiger partial charge in [0.25, 0.3) is 0 Å². The van der Waals surface area contributed by atoms with E-state index in [4.69, 9.17) is 5.73 Å². The van der Waals surface area contributed by atoms with Crippen molar-refractivity contribution >= 4 is 31.0 Å². The Labute approximate surface area is 113 Å². The molecule has 106 valence electrons. The maximum Gasteiger partial charge on any atom is 0.175 e. The average Bonchev–Trinajstić information content (AvgIpc) is 2.28. The quantitative estimate of drug-likeness (QED) is 0.767. The van der Waals surface area contributed by atoms with Crippen molar-refractivity contribution in [2.75, 3.05) is 41.5 Å². The number of hydrogen-bond donors (Lipinski definition) is 1. The van der Waals surface area contributed by atoms with Crippen molar-refractivity contribution in [3.05, 3.63) is 18.2 Å². The van der Waals surface area contributed by atoms with Crippen molar-refractivity contribution in [2.45, 2.75) is 4.90 Å². The van der Waals surface area contributed by atoms with Gasteiger partial charge in [-0.05, 0) is 18.2 Å². The van der Waals surface area contributed by atoms with Crippen LogP contribution in [0.1, 0.15) is 0 Å². The first-order chi connectivity index (χ1) is 8.69. The molecule has 1 fully saturated rings. The summed E-state index contributed by atoms with van der Waals surface area (Å²) in [7, 11) is -6.23. The molecule has 2 rings (SSSR count). The Balaban J connectivity index is 2.28. The Morgan fingerprint density at radius 2 is 1.79 bits per heavy atom. The van der Waals surface area contributed by atoms with E-state index in [1.54, 1.807) is 6.07 Å². The molecule has 2 N–H and O–H groups in total. The van der Waals surface area contributed by atoms with E-state index in [2.05, 4.69) is 0 Å². The Morgan fingerprint density at radius 3 is 2.26 bits per heavy atom. The first-order valence-corrected chi connectivity index (χ1v) is 9.45. The van der Waals surface area contributed by atoms with Crippen LogP contribution < -0.4 is 10.6 Å². The highest BCUT2D eigenvalue weighted by atomic mass is 32.2. The number of nitrogen functional groups attached to an aromatic ring is 1. The van der Waals surface area contributed by atoms with E-state index < -0.39 is 19.7 Å². The van der Waals surface area contributed by atoms with Gasteiger partial charge in [0, 0.05) is 19.3 Å². The smallest absolute Gasteiger partial charge is 0.175 e. The van der Waals surface area contributed by atoms with Gasteiger partial charge in [0.05, 0.1) is 27.8 Å². The summed E-state index contributed by atoms with van der Waals surface area (Å²) in [6, 6.07) is 4.53. The van der Waals surface area contributed by atoms with E-state index >= 15 is 0 Å². The minimum Gasteiger partial charge on any atom is -0.397 e. The molecule has 6 nitrogen and oxygen atoms in total. The Kier molecular flexibility index (Phi) is 3.48. The van der Waals surface area contributed by atoms with Crippen LogP contribution in [-0.4, -0.2) is 47.7 Å². The summed E-state index contributed by atoms with van der Waals surface area (Å²) in [6.45, 7) is 0.759. The third kappa shape index (κ3) is 3.19. The third-order valence-electron chi connectivity index (χ3n) is 3.11. The highest BCUT2D eigenvalue weighted by Gasteiger charge is 2.23. The summed E-state index contributed by atoms with van der Waals surface area (Å²) < 4.78 is 45.5. The summed E-state index contributed by atoms with van der Waals surface area (Å²) in [5.41, 5.74) is 6.89. The normalized spacial score (nSPS) is 19.3. The number of benzene rings is 1. The lowest BCUT2D eigenvalue weighted by molar-refractivity contribution is 0.587. The molecule has 1 aliphatic heterocycles. The fraction of sp³-hybridized carbons (Fsp3) is 0.455. The zero-order chi connectivity index (χ0) is 14.3. The molecular formula is C11H16N2O4S2. The molecule has 1 heterocycles. The maximum absolute atomic E-state index is 11.4. The van der Waals surface area contributed by atoms with Gasteiger partial charge in [0.15, 0.2) is 19.7 Å². The molecule has 0 radical (unpaired) electrons. The molecule has 8 heteroatoms. The lowest BCUT2D eigenvalue weighted by atomic mass is 10.2. The van der Waals surface area contributed by atoms with Gasteiger partial charge in [-0.1, -0.05) is 0 Å². The largest absolute Gasteiger partial charge is 0.397 e. The zero-order valence-electron chi connectivity index (χ0n) is 10.5. The van der Waals surface area contributed by atoms with Crippen molar-refractivity contribution < 1.29 is 16.8 Å². The lowest BCUT2D eigenvalue weighted by Crippen LogP contribution is -2.40. The average molecular weight is 304 g/mol. The van der Waals surface area contributed by atoms with Gasteiger partial charge in [-0.15, -0.1) is 0 Å². The molecule has 0 bridgehead atoms. The van der Waals surface area contributed by atoms with Crippen LogP contribution in [0.25, 0.3) is 0 Å². The van der Waals surface area contributed by atoms with E-state index in [0.717, 1.165) is 6.26 Å². The SMILES string of the molecule is CS(=O)(=O)c1ccc(N2CCS(=O)(=O)CC2)c(N)c1. The number of nitrogens with zero attached hydrogens (tertiary/aromatic N) is 1. The van der Waals surface area contributed by atoms with Crippen LogP contribution in [0.4, 0.5) is 11.4 Å². The fourth-order valence-corrected chi connectivity index (χ4v) is 3.86. The van der Waals surface area contributed by atoms with E-state index in [1.165, 1.54) is 12.1 Å². The zero-order valence-corrected chi connectivity index (χ0v) is 12.2. The van der Waals surface area contributed by atoms with Gasteiger partial charge >= 0.3 is 0 Å². The van der Waals surface area contributed by atoms with Crippen molar-refractivity contribution in [1.82, 2.24) is 0 Å². The lowest BCUT2D eigenvalue weighted by Gasteiger charge is -2.29. The molecule has 0 aliphatic carbocycles. The summed E-state index contributed by atoms with van der Waals surface area (Å²) in [5, 5.41) is 0. The van der Waals surface area contributed by atoms with Crippen LogP contribution in [0.5, 0.6) is 0 Å². The number of nitrogens with two attached hydrogens (primary N) is 1. The first-order valence-electron chi connectivity index (χ1n) is 5.74. The number of sulfone groups is 2. The Hall–Kier alpha value is -1.28. The minimum atomic E-state index is -3.29. The standard InChI is InChI=1S/C11H16N2O4S2/c1-18(14,15)9-2-3-11(10(12)8-9)13-4-6-19(16,17)7-5-13/h2-3,8H,4-7,12H2,1H3. The van der Waals surface area contributed by atoms with Crippen LogP contribution in [0.2, 0.25) is 0 Å². The second kappa shape index (κ2) is 4.68. The molecule has 0 saturated carbocycles. The Bertz CT molecular complexity index is 681. The summed E-state index contributed by atoms with van der Waals surface area (Å²) in [6.07, 6.45) is 1.12. The summed E-state index contributed by atoms with van der Waals surface area (Å²) in [5.74, 6) is 0.195. The van der Waals surface area contributed by atoms with Gasteiger partial charge in [-0.25, -0.2) is 16.8 Å². The van der Waals surface area contributed by atoms with Gasteiger partial charge in [0.1, 0.15) is 0 Å². The maximum atomic E-state index is 11.4. The monoisotopic (exact) mass is 304 g/mol. The summed E-state index contributed by atoms with van der Waals surface area (Å²) in [4.78, 5) is 2.03. The predicted octanol–water partition coefficient (Wildman–Crippen LogP) is -0.0929. The Morgan fingerprint density at radius 1 is 1.21 bits per heavy atom. The van der Waals surface area contributed by atoms with Gasteiger partial charge < -0.3 is 10.6 Å². The molecule has 1 aromatic rings. The topological polar surface area (TPSA) is 97.5 Å². The molecule has 1 aromatic carbocycles. The van der Waals surface area contributed by atoms with Crippen LogP contribution >= 0.6 is 0 Å². The highest BCUT2D eigenvalue weighted by Crippen LogP contribution is 2.27. The first kappa shape index (κ1) is 14.1. The fourth-order valence-electron chi connectivity index (χ4n) is 2.00. The van der Waals surface area contributed by atoms with Crippen LogP contribution in [0.3, 0.4) is 0 Å². The van der Waals surface area contributed by atoms with Crippen molar-refractivity contribution in [3.8, 4) is 0 Å². The van der Waals surface area contributed by atoms with Crippen LogP contribution in [-0.2, 0) is 19.7 Å². The van der Waals surface area contributed by atoms with Crippen LogP contribution in [0, 0.1) is 0 Å². The van der Waals surface area contributed by atoms with E-state index in [0.29, 0.717) is 24.5 Å². The molecule has 0 aromatic heterocycles. The summed E-state index contributed by atoms with van der Waals surface area (Å²) >= 11 is 0. The molecule has 0 spiro atoms. The molecular weight excluding hydrogens is 288 g/mol. The van der Waals surface area contributed by atoms with Crippen molar-refractivity contribution in [2.24, 2.45) is 0 Å². The number of hydrogen-bond acceptors (Lipinski definition) is 6. The van der Waals surface area contributed by atoms with Crippen molar-refractivity contribution in [1.29, 1.82) is 0 Å². The van der Waals surface area contributed by atoms with Gasteiger partial charge in [-0.3, -0.25) is 0 Å². The second-order valence-electron chi connectivity index (χ2n) is 4.63. The molecule has 0 amide bonds. The number of anilines is 2. The van der Waals surface area contributed by atoms with Crippen molar-refractivity contribution in [3.63, 3.8) is 0 Å². The van der Waals surface area contributed by atoms with Crippen LogP contribution in [0.15, 0.2) is 23.1 Å². The number of rotatable bonds is 2. The second-order valence-corrected chi connectivity index (χ2v) is 8.95. The van der Waals surface area contributed by atoms with Gasteiger partial charge in [0.2, 0.25) is 0 Å². The molecule has 0 unspecified atom stereocenters. The van der Waals surface area contributed by atoms with E-state index in [-0.39, 0.29) is 16.4 Å². The predicted molar refractivity (Wildman–Crippen MR) is 74.8 cm³/mol.